The van der Waals surface area contributed by atoms with E-state index in [4.69, 9.17) is 14.0 Å². The van der Waals surface area contributed by atoms with Gasteiger partial charge in [0.1, 0.15) is 11.6 Å². The summed E-state index contributed by atoms with van der Waals surface area (Å²) in [5.74, 6) is 1.90. The van der Waals surface area contributed by atoms with Gasteiger partial charge in [0, 0.05) is 30.7 Å². The molecule has 1 aliphatic heterocycles. The van der Waals surface area contributed by atoms with E-state index in [0.717, 1.165) is 31.6 Å². The van der Waals surface area contributed by atoms with Crippen LogP contribution < -0.4 is 10.1 Å². The maximum Gasteiger partial charge on any atom is 0.229 e. The van der Waals surface area contributed by atoms with Crippen LogP contribution in [0.2, 0.25) is 0 Å². The number of halogens is 1. The molecule has 7 heteroatoms. The third-order valence-electron chi connectivity index (χ3n) is 4.28. The minimum absolute atomic E-state index is 0.110. The van der Waals surface area contributed by atoms with Crippen molar-refractivity contribution in [3.63, 3.8) is 0 Å². The number of ether oxygens (including phenoxy) is 2. The summed E-state index contributed by atoms with van der Waals surface area (Å²) in [7, 11) is 1.57. The number of methoxy groups -OCH3 is 1. The Hall–Kier alpha value is -1.99. The molecule has 0 saturated carbocycles. The average Bonchev–Trinajstić information content (AvgIpc) is 3.09. The van der Waals surface area contributed by atoms with Crippen LogP contribution in [0.5, 0.6) is 5.75 Å². The summed E-state index contributed by atoms with van der Waals surface area (Å²) < 4.78 is 29.5. The highest BCUT2D eigenvalue weighted by Gasteiger charge is 2.22. The molecule has 1 unspecified atom stereocenters. The van der Waals surface area contributed by atoms with E-state index in [1.54, 1.807) is 13.2 Å². The highest BCUT2D eigenvalue weighted by atomic mass is 19.1. The van der Waals surface area contributed by atoms with Gasteiger partial charge in [-0.15, -0.1) is 0 Å². The molecule has 3 rings (SSSR count). The summed E-state index contributed by atoms with van der Waals surface area (Å²) in [5, 5.41) is 7.30. The number of hydrogen-bond acceptors (Lipinski definition) is 6. The van der Waals surface area contributed by atoms with Gasteiger partial charge in [0.25, 0.3) is 0 Å². The fourth-order valence-electron chi connectivity index (χ4n) is 2.85. The molecule has 1 aromatic carbocycles. The van der Waals surface area contributed by atoms with E-state index in [0.29, 0.717) is 24.0 Å². The molecule has 1 atom stereocenters. The zero-order valence-electron chi connectivity index (χ0n) is 13.9. The van der Waals surface area contributed by atoms with Crippen molar-refractivity contribution in [2.75, 3.05) is 20.3 Å². The van der Waals surface area contributed by atoms with Crippen molar-refractivity contribution in [3.05, 3.63) is 41.3 Å². The number of aromatic nitrogens is 2. The standard InChI is InChI=1S/C17H22FN3O3/c1-11(14-9-13(18)3-4-15(14)22-2)19-10-16-20-17(24-21-16)12-5-7-23-8-6-12/h3-4,9,11-12,19H,5-8,10H2,1-2H3. The van der Waals surface area contributed by atoms with Crippen molar-refractivity contribution in [3.8, 4) is 5.75 Å². The summed E-state index contributed by atoms with van der Waals surface area (Å²) in [5.41, 5.74) is 0.755. The molecule has 24 heavy (non-hydrogen) atoms. The number of benzene rings is 1. The van der Waals surface area contributed by atoms with Crippen molar-refractivity contribution >= 4 is 0 Å². The second-order valence-electron chi connectivity index (χ2n) is 5.92. The Morgan fingerprint density at radius 1 is 1.38 bits per heavy atom. The predicted octanol–water partition coefficient (Wildman–Crippen LogP) is 2.96. The molecule has 130 valence electrons. The molecule has 0 bridgehead atoms. The highest BCUT2D eigenvalue weighted by molar-refractivity contribution is 5.36. The number of rotatable bonds is 6. The Bertz CT molecular complexity index is 671. The van der Waals surface area contributed by atoms with Crippen LogP contribution in [0.4, 0.5) is 4.39 Å². The first-order valence-corrected chi connectivity index (χ1v) is 8.14. The second-order valence-corrected chi connectivity index (χ2v) is 5.92. The maximum absolute atomic E-state index is 13.5. The molecule has 2 aromatic rings. The summed E-state index contributed by atoms with van der Waals surface area (Å²) in [6.07, 6.45) is 1.82. The molecule has 0 radical (unpaired) electrons. The lowest BCUT2D eigenvalue weighted by Gasteiger charge is -2.18. The van der Waals surface area contributed by atoms with E-state index in [1.807, 2.05) is 6.92 Å². The van der Waals surface area contributed by atoms with E-state index in [2.05, 4.69) is 15.5 Å². The van der Waals surface area contributed by atoms with Gasteiger partial charge in [-0.3, -0.25) is 0 Å². The van der Waals surface area contributed by atoms with Crippen molar-refractivity contribution in [2.45, 2.75) is 38.3 Å². The van der Waals surface area contributed by atoms with Gasteiger partial charge in [-0.05, 0) is 38.0 Å². The van der Waals surface area contributed by atoms with Crippen molar-refractivity contribution in [1.29, 1.82) is 0 Å². The van der Waals surface area contributed by atoms with E-state index in [9.17, 15) is 4.39 Å². The van der Waals surface area contributed by atoms with Crippen LogP contribution in [0.3, 0.4) is 0 Å². The molecule has 0 amide bonds. The van der Waals surface area contributed by atoms with E-state index in [1.165, 1.54) is 12.1 Å². The molecule has 1 N–H and O–H groups in total. The molecular formula is C17H22FN3O3. The van der Waals surface area contributed by atoms with Gasteiger partial charge < -0.3 is 19.3 Å². The summed E-state index contributed by atoms with van der Waals surface area (Å²) in [4.78, 5) is 4.46. The van der Waals surface area contributed by atoms with E-state index >= 15 is 0 Å². The van der Waals surface area contributed by atoms with Gasteiger partial charge >= 0.3 is 0 Å². The molecule has 0 spiro atoms. The number of nitrogens with zero attached hydrogens (tertiary/aromatic N) is 2. The third-order valence-corrected chi connectivity index (χ3v) is 4.28. The first-order valence-electron chi connectivity index (χ1n) is 8.14. The van der Waals surface area contributed by atoms with E-state index in [-0.39, 0.29) is 17.8 Å². The topological polar surface area (TPSA) is 69.4 Å². The minimum atomic E-state index is -0.291. The van der Waals surface area contributed by atoms with Gasteiger partial charge in [0.2, 0.25) is 5.89 Å². The molecule has 6 nitrogen and oxygen atoms in total. The number of nitrogens with one attached hydrogen (secondary N) is 1. The Balaban J connectivity index is 1.61. The van der Waals surface area contributed by atoms with Crippen molar-refractivity contribution < 1.29 is 18.4 Å². The lowest BCUT2D eigenvalue weighted by molar-refractivity contribution is 0.0778. The van der Waals surface area contributed by atoms with Gasteiger partial charge in [0.15, 0.2) is 5.82 Å². The quantitative estimate of drug-likeness (QED) is 0.875. The second kappa shape index (κ2) is 7.72. The van der Waals surface area contributed by atoms with Crippen molar-refractivity contribution in [1.82, 2.24) is 15.5 Å². The highest BCUT2D eigenvalue weighted by Crippen LogP contribution is 2.27. The Labute approximate surface area is 140 Å². The molecule has 1 aliphatic rings. The summed E-state index contributed by atoms with van der Waals surface area (Å²) in [6.45, 7) is 3.85. The van der Waals surface area contributed by atoms with Crippen LogP contribution in [0.1, 0.15) is 49.0 Å². The molecule has 1 saturated heterocycles. The van der Waals surface area contributed by atoms with Crippen LogP contribution in [0.15, 0.2) is 22.7 Å². The largest absolute Gasteiger partial charge is 0.496 e. The summed E-state index contributed by atoms with van der Waals surface area (Å²) in [6, 6.07) is 4.37. The monoisotopic (exact) mass is 335 g/mol. The molecule has 2 heterocycles. The molecular weight excluding hydrogens is 313 g/mol. The molecule has 1 fully saturated rings. The van der Waals surface area contributed by atoms with Crippen molar-refractivity contribution in [2.24, 2.45) is 0 Å². The number of hydrogen-bond donors (Lipinski definition) is 1. The Morgan fingerprint density at radius 3 is 2.92 bits per heavy atom. The van der Waals surface area contributed by atoms with Gasteiger partial charge in [-0.2, -0.15) is 4.98 Å². The fraction of sp³-hybridized carbons (Fsp3) is 0.529. The lowest BCUT2D eigenvalue weighted by Crippen LogP contribution is -2.20. The maximum atomic E-state index is 13.5. The minimum Gasteiger partial charge on any atom is -0.496 e. The first kappa shape index (κ1) is 16.9. The first-order chi connectivity index (χ1) is 11.7. The lowest BCUT2D eigenvalue weighted by atomic mass is 10.0. The normalized spacial score (nSPS) is 17.0. The van der Waals surface area contributed by atoms with Gasteiger partial charge in [-0.1, -0.05) is 5.16 Å². The van der Waals surface area contributed by atoms with Gasteiger partial charge in [-0.25, -0.2) is 4.39 Å². The van der Waals surface area contributed by atoms with Gasteiger partial charge in [0.05, 0.1) is 13.7 Å². The smallest absolute Gasteiger partial charge is 0.229 e. The predicted molar refractivity (Wildman–Crippen MR) is 85.3 cm³/mol. The Morgan fingerprint density at radius 2 is 2.17 bits per heavy atom. The third kappa shape index (κ3) is 3.91. The van der Waals surface area contributed by atoms with E-state index < -0.39 is 0 Å². The zero-order chi connectivity index (χ0) is 16.9. The van der Waals surface area contributed by atoms with Crippen LogP contribution in [-0.2, 0) is 11.3 Å². The van der Waals surface area contributed by atoms with Crippen LogP contribution in [-0.4, -0.2) is 30.5 Å². The zero-order valence-corrected chi connectivity index (χ0v) is 13.9. The van der Waals surface area contributed by atoms with Crippen LogP contribution >= 0.6 is 0 Å². The molecule has 0 aliphatic carbocycles. The Kier molecular flexibility index (Phi) is 5.42. The molecule has 1 aromatic heterocycles. The average molecular weight is 335 g/mol. The summed E-state index contributed by atoms with van der Waals surface area (Å²) >= 11 is 0. The van der Waals surface area contributed by atoms with Crippen LogP contribution in [0.25, 0.3) is 0 Å². The fourth-order valence-corrected chi connectivity index (χ4v) is 2.85. The van der Waals surface area contributed by atoms with Crippen LogP contribution in [0, 0.1) is 5.82 Å². The SMILES string of the molecule is COc1ccc(F)cc1C(C)NCc1noc(C2CCOCC2)n1.